The predicted octanol–water partition coefficient (Wildman–Crippen LogP) is 3.51. The Bertz CT molecular complexity index is 773. The number of fused-ring (bicyclic) bond motifs is 3. The molecule has 4 nitrogen and oxygen atoms in total. The zero-order valence-corrected chi connectivity index (χ0v) is 11.4. The van der Waals surface area contributed by atoms with Gasteiger partial charge in [-0.25, -0.2) is 4.98 Å². The molecule has 0 radical (unpaired) electrons. The van der Waals surface area contributed by atoms with Crippen molar-refractivity contribution in [2.75, 3.05) is 5.73 Å². The Kier molecular flexibility index (Phi) is 3.52. The number of anilines is 1. The summed E-state index contributed by atoms with van der Waals surface area (Å²) in [4.78, 5) is 12.4. The Morgan fingerprint density at radius 2 is 1.70 bits per heavy atom. The summed E-state index contributed by atoms with van der Waals surface area (Å²) in [6, 6.07) is 12.1. The third kappa shape index (κ3) is 2.57. The van der Waals surface area contributed by atoms with Crippen LogP contribution in [0.5, 0.6) is 0 Å². The van der Waals surface area contributed by atoms with Gasteiger partial charge in [0.05, 0.1) is 11.0 Å². The molecule has 3 aromatic heterocycles. The molecule has 5 heteroatoms. The van der Waals surface area contributed by atoms with E-state index in [0.29, 0.717) is 5.13 Å². The molecule has 0 atom stereocenters. The van der Waals surface area contributed by atoms with E-state index in [9.17, 15) is 0 Å². The molecule has 0 bridgehead atoms. The van der Waals surface area contributed by atoms with E-state index in [2.05, 4.69) is 33.2 Å². The lowest BCUT2D eigenvalue weighted by molar-refractivity contribution is 1.39. The van der Waals surface area contributed by atoms with Crippen LogP contribution in [0.4, 0.5) is 5.13 Å². The van der Waals surface area contributed by atoms with Crippen molar-refractivity contribution in [3.8, 4) is 0 Å². The van der Waals surface area contributed by atoms with Gasteiger partial charge in [0.25, 0.3) is 0 Å². The van der Waals surface area contributed by atoms with Gasteiger partial charge >= 0.3 is 0 Å². The first-order chi connectivity index (χ1) is 9.84. The fraction of sp³-hybridized carbons (Fsp3) is 0. The summed E-state index contributed by atoms with van der Waals surface area (Å²) in [7, 11) is 0. The Morgan fingerprint density at radius 3 is 2.45 bits per heavy atom. The molecule has 4 rings (SSSR count). The first-order valence-corrected chi connectivity index (χ1v) is 6.96. The Morgan fingerprint density at radius 1 is 0.850 bits per heavy atom. The van der Waals surface area contributed by atoms with Crippen LogP contribution in [0.25, 0.3) is 21.8 Å². The molecule has 4 aromatic rings. The first-order valence-electron chi connectivity index (χ1n) is 6.08. The van der Waals surface area contributed by atoms with Crippen LogP contribution in [0, 0.1) is 0 Å². The first kappa shape index (κ1) is 12.5. The average Bonchev–Trinajstić information content (AvgIpc) is 2.99. The highest BCUT2D eigenvalue weighted by molar-refractivity contribution is 7.13. The van der Waals surface area contributed by atoms with Crippen molar-refractivity contribution in [1.29, 1.82) is 0 Å². The molecule has 3 heterocycles. The highest BCUT2D eigenvalue weighted by Gasteiger charge is 1.99. The molecule has 2 N–H and O–H groups in total. The molecule has 0 saturated carbocycles. The second-order valence-corrected chi connectivity index (χ2v) is 5.01. The van der Waals surface area contributed by atoms with Crippen LogP contribution in [0.15, 0.2) is 60.4 Å². The van der Waals surface area contributed by atoms with Crippen LogP contribution >= 0.6 is 11.3 Å². The number of hydrogen-bond acceptors (Lipinski definition) is 5. The SMILES string of the molecule is Nc1nccs1.c1cnc2c(c1)ccc1ncccc12. The standard InChI is InChI=1S/C12H8N2.C3H4N2S/c1-3-9-5-6-11-10(4-2-7-13-11)12(9)14-8-1;4-3-5-1-2-6-3/h1-8H;1-2H,(H2,4,5). The van der Waals surface area contributed by atoms with Gasteiger partial charge in [-0.15, -0.1) is 11.3 Å². The summed E-state index contributed by atoms with van der Waals surface area (Å²) >= 11 is 1.44. The number of nitrogens with two attached hydrogens (primary N) is 1. The lowest BCUT2D eigenvalue weighted by atomic mass is 10.1. The maximum absolute atomic E-state index is 5.19. The van der Waals surface area contributed by atoms with Gasteiger partial charge in [-0.3, -0.25) is 9.97 Å². The fourth-order valence-electron chi connectivity index (χ4n) is 1.93. The maximum Gasteiger partial charge on any atom is 0.179 e. The Labute approximate surface area is 119 Å². The van der Waals surface area contributed by atoms with E-state index in [1.54, 1.807) is 12.4 Å². The minimum Gasteiger partial charge on any atom is -0.375 e. The molecule has 0 saturated heterocycles. The monoisotopic (exact) mass is 280 g/mol. The molecule has 0 unspecified atom stereocenters. The van der Waals surface area contributed by atoms with Crippen molar-refractivity contribution in [2.24, 2.45) is 0 Å². The largest absolute Gasteiger partial charge is 0.375 e. The molecule has 1 aromatic carbocycles. The summed E-state index contributed by atoms with van der Waals surface area (Å²) < 4.78 is 0. The zero-order chi connectivity index (χ0) is 13.8. The molecule has 20 heavy (non-hydrogen) atoms. The van der Waals surface area contributed by atoms with Crippen molar-refractivity contribution >= 4 is 38.3 Å². The van der Waals surface area contributed by atoms with Crippen molar-refractivity contribution in [2.45, 2.75) is 0 Å². The van der Waals surface area contributed by atoms with Crippen LogP contribution in [-0.4, -0.2) is 15.0 Å². The fourth-order valence-corrected chi connectivity index (χ4v) is 2.31. The van der Waals surface area contributed by atoms with Crippen molar-refractivity contribution in [3.05, 3.63) is 60.4 Å². The number of thiazole rings is 1. The summed E-state index contributed by atoms with van der Waals surface area (Å²) in [5.74, 6) is 0. The summed E-state index contributed by atoms with van der Waals surface area (Å²) in [5, 5.41) is 4.75. The minimum atomic E-state index is 0.634. The topological polar surface area (TPSA) is 64.7 Å². The van der Waals surface area contributed by atoms with E-state index in [1.807, 2.05) is 29.8 Å². The van der Waals surface area contributed by atoms with E-state index in [-0.39, 0.29) is 0 Å². The summed E-state index contributed by atoms with van der Waals surface area (Å²) in [5.41, 5.74) is 7.21. The summed E-state index contributed by atoms with van der Waals surface area (Å²) in [6.45, 7) is 0. The highest BCUT2D eigenvalue weighted by atomic mass is 32.1. The van der Waals surface area contributed by atoms with Crippen LogP contribution in [0.1, 0.15) is 0 Å². The Hall–Kier alpha value is -2.53. The zero-order valence-electron chi connectivity index (χ0n) is 10.6. The molecule has 0 amide bonds. The number of nitrogen functional groups attached to an aromatic ring is 1. The molecular formula is C15H12N4S. The molecule has 0 aliphatic rings. The van der Waals surface area contributed by atoms with Crippen LogP contribution in [0.3, 0.4) is 0 Å². The lowest BCUT2D eigenvalue weighted by Crippen LogP contribution is -1.82. The molecule has 0 fully saturated rings. The molecule has 0 spiro atoms. The van der Waals surface area contributed by atoms with Gasteiger partial charge in [0.1, 0.15) is 0 Å². The molecule has 0 aliphatic heterocycles. The van der Waals surface area contributed by atoms with Crippen molar-refractivity contribution in [3.63, 3.8) is 0 Å². The number of benzene rings is 1. The number of hydrogen-bond donors (Lipinski definition) is 1. The molecule has 0 aliphatic carbocycles. The van der Waals surface area contributed by atoms with E-state index in [4.69, 9.17) is 5.73 Å². The lowest BCUT2D eigenvalue weighted by Gasteiger charge is -2.00. The van der Waals surface area contributed by atoms with Gasteiger partial charge < -0.3 is 5.73 Å². The predicted molar refractivity (Wildman–Crippen MR) is 83.6 cm³/mol. The van der Waals surface area contributed by atoms with Gasteiger partial charge in [-0.2, -0.15) is 0 Å². The van der Waals surface area contributed by atoms with Gasteiger partial charge in [0, 0.05) is 34.7 Å². The number of nitrogens with zero attached hydrogens (tertiary/aromatic N) is 3. The number of rotatable bonds is 0. The highest BCUT2D eigenvalue weighted by Crippen LogP contribution is 2.20. The second kappa shape index (κ2) is 5.63. The van der Waals surface area contributed by atoms with E-state index in [0.717, 1.165) is 21.8 Å². The third-order valence-electron chi connectivity index (χ3n) is 2.80. The average molecular weight is 280 g/mol. The smallest absolute Gasteiger partial charge is 0.179 e. The second-order valence-electron chi connectivity index (χ2n) is 4.08. The van der Waals surface area contributed by atoms with Gasteiger partial charge in [-0.1, -0.05) is 12.1 Å². The van der Waals surface area contributed by atoms with Gasteiger partial charge in [0.2, 0.25) is 0 Å². The van der Waals surface area contributed by atoms with Crippen molar-refractivity contribution in [1.82, 2.24) is 15.0 Å². The van der Waals surface area contributed by atoms with E-state index < -0.39 is 0 Å². The van der Waals surface area contributed by atoms with E-state index >= 15 is 0 Å². The third-order valence-corrected chi connectivity index (χ3v) is 3.41. The maximum atomic E-state index is 5.19. The van der Waals surface area contributed by atoms with Gasteiger partial charge in [-0.05, 0) is 24.3 Å². The van der Waals surface area contributed by atoms with Crippen molar-refractivity contribution < 1.29 is 0 Å². The molecule has 98 valence electrons. The van der Waals surface area contributed by atoms with E-state index in [1.165, 1.54) is 11.3 Å². The van der Waals surface area contributed by atoms with Crippen LogP contribution < -0.4 is 5.73 Å². The van der Waals surface area contributed by atoms with Crippen LogP contribution in [-0.2, 0) is 0 Å². The summed E-state index contributed by atoms with van der Waals surface area (Å²) in [6.07, 6.45) is 5.30. The number of pyridine rings is 2. The molecular weight excluding hydrogens is 268 g/mol. The normalized spacial score (nSPS) is 10.2. The number of aromatic nitrogens is 3. The van der Waals surface area contributed by atoms with Crippen LogP contribution in [0.2, 0.25) is 0 Å². The minimum absolute atomic E-state index is 0.634. The Balaban J connectivity index is 0.000000170. The van der Waals surface area contributed by atoms with Gasteiger partial charge in [0.15, 0.2) is 5.13 Å². The quantitative estimate of drug-likeness (QED) is 0.501.